The van der Waals surface area contributed by atoms with Gasteiger partial charge in [-0.25, -0.2) is 0 Å². The number of halogens is 1. The molecule has 2 aromatic carbocycles. The summed E-state index contributed by atoms with van der Waals surface area (Å²) in [6.45, 7) is 5.85. The smallest absolute Gasteiger partial charge is 0.194 e. The Morgan fingerprint density at radius 1 is 1.00 bits per heavy atom. The zero-order chi connectivity index (χ0) is 14.2. The van der Waals surface area contributed by atoms with E-state index in [2.05, 4.69) is 0 Å². The van der Waals surface area contributed by atoms with Crippen molar-refractivity contribution in [3.8, 4) is 0 Å². The molecular formula is C16H16ClNO. The van der Waals surface area contributed by atoms with Crippen LogP contribution in [-0.4, -0.2) is 5.78 Å². The third-order valence-electron chi connectivity index (χ3n) is 3.19. The van der Waals surface area contributed by atoms with E-state index in [4.69, 9.17) is 17.3 Å². The van der Waals surface area contributed by atoms with Crippen molar-refractivity contribution >= 4 is 23.1 Å². The SMILES string of the molecule is Cc1cc(N)cc(C(=O)c2cc(C)c(C)cc2Cl)c1. The fraction of sp³-hybridized carbons (Fsp3) is 0.188. The summed E-state index contributed by atoms with van der Waals surface area (Å²) in [5.74, 6) is -0.0940. The van der Waals surface area contributed by atoms with Crippen molar-refractivity contribution in [1.29, 1.82) is 0 Å². The summed E-state index contributed by atoms with van der Waals surface area (Å²) < 4.78 is 0. The normalized spacial score (nSPS) is 10.5. The maximum absolute atomic E-state index is 12.5. The van der Waals surface area contributed by atoms with Crippen molar-refractivity contribution in [3.63, 3.8) is 0 Å². The van der Waals surface area contributed by atoms with Crippen LogP contribution in [0.3, 0.4) is 0 Å². The van der Waals surface area contributed by atoms with Crippen LogP contribution in [0.1, 0.15) is 32.6 Å². The first-order valence-corrected chi connectivity index (χ1v) is 6.45. The molecule has 0 aromatic heterocycles. The highest BCUT2D eigenvalue weighted by molar-refractivity contribution is 6.35. The van der Waals surface area contributed by atoms with Crippen LogP contribution >= 0.6 is 11.6 Å². The summed E-state index contributed by atoms with van der Waals surface area (Å²) in [6, 6.07) is 8.99. The molecule has 0 saturated heterocycles. The van der Waals surface area contributed by atoms with Crippen molar-refractivity contribution in [1.82, 2.24) is 0 Å². The van der Waals surface area contributed by atoms with Crippen LogP contribution in [0.25, 0.3) is 0 Å². The van der Waals surface area contributed by atoms with Gasteiger partial charge >= 0.3 is 0 Å². The minimum atomic E-state index is -0.0940. The van der Waals surface area contributed by atoms with Gasteiger partial charge in [-0.2, -0.15) is 0 Å². The Labute approximate surface area is 118 Å². The van der Waals surface area contributed by atoms with Crippen LogP contribution in [0.4, 0.5) is 5.69 Å². The third kappa shape index (κ3) is 2.79. The molecule has 0 aliphatic carbocycles. The molecule has 0 fully saturated rings. The highest BCUT2D eigenvalue weighted by Gasteiger charge is 2.15. The molecule has 2 nitrogen and oxygen atoms in total. The van der Waals surface area contributed by atoms with E-state index in [0.29, 0.717) is 21.8 Å². The summed E-state index contributed by atoms with van der Waals surface area (Å²) in [7, 11) is 0. The highest BCUT2D eigenvalue weighted by atomic mass is 35.5. The average molecular weight is 274 g/mol. The molecule has 0 saturated carbocycles. The van der Waals surface area contributed by atoms with Crippen LogP contribution < -0.4 is 5.73 Å². The second-order valence-corrected chi connectivity index (χ2v) is 5.29. The van der Waals surface area contributed by atoms with Gasteiger partial charge in [0.1, 0.15) is 0 Å². The van der Waals surface area contributed by atoms with E-state index in [-0.39, 0.29) is 5.78 Å². The lowest BCUT2D eigenvalue weighted by Gasteiger charge is -2.09. The van der Waals surface area contributed by atoms with Crippen molar-refractivity contribution in [2.24, 2.45) is 0 Å². The number of carbonyl (C=O) groups excluding carboxylic acids is 1. The molecule has 98 valence electrons. The zero-order valence-corrected chi connectivity index (χ0v) is 12.0. The largest absolute Gasteiger partial charge is 0.399 e. The quantitative estimate of drug-likeness (QED) is 0.662. The van der Waals surface area contributed by atoms with Gasteiger partial charge in [-0.3, -0.25) is 4.79 Å². The molecule has 0 amide bonds. The minimum Gasteiger partial charge on any atom is -0.399 e. The second-order valence-electron chi connectivity index (χ2n) is 4.88. The average Bonchev–Trinajstić information content (AvgIpc) is 2.31. The first kappa shape index (κ1) is 13.6. The number of nitrogens with two attached hydrogens (primary N) is 1. The molecule has 0 unspecified atom stereocenters. The summed E-state index contributed by atoms with van der Waals surface area (Å²) >= 11 is 6.17. The number of nitrogen functional groups attached to an aromatic ring is 1. The minimum absolute atomic E-state index is 0.0940. The Morgan fingerprint density at radius 2 is 1.63 bits per heavy atom. The van der Waals surface area contributed by atoms with Gasteiger partial charge in [-0.1, -0.05) is 11.6 Å². The molecule has 3 heteroatoms. The van der Waals surface area contributed by atoms with Crippen molar-refractivity contribution in [2.75, 3.05) is 5.73 Å². The Hall–Kier alpha value is -1.80. The summed E-state index contributed by atoms with van der Waals surface area (Å²) in [5.41, 5.74) is 10.5. The molecule has 0 radical (unpaired) electrons. The number of rotatable bonds is 2. The van der Waals surface area contributed by atoms with Gasteiger partial charge < -0.3 is 5.73 Å². The van der Waals surface area contributed by atoms with Gasteiger partial charge in [0.05, 0.1) is 5.02 Å². The first-order valence-electron chi connectivity index (χ1n) is 6.07. The molecule has 0 bridgehead atoms. The molecule has 0 aliphatic heterocycles. The van der Waals surface area contributed by atoms with Gasteiger partial charge in [-0.15, -0.1) is 0 Å². The molecule has 2 aromatic rings. The molecule has 2 N–H and O–H groups in total. The number of anilines is 1. The molecule has 2 rings (SSSR count). The Balaban J connectivity index is 2.53. The summed E-state index contributed by atoms with van der Waals surface area (Å²) in [6.07, 6.45) is 0. The molecule has 0 spiro atoms. The maximum atomic E-state index is 12.5. The number of hydrogen-bond acceptors (Lipinski definition) is 2. The van der Waals surface area contributed by atoms with Gasteiger partial charge in [0.2, 0.25) is 0 Å². The number of hydrogen-bond donors (Lipinski definition) is 1. The van der Waals surface area contributed by atoms with Crippen molar-refractivity contribution in [3.05, 3.63) is 63.2 Å². The monoisotopic (exact) mass is 273 g/mol. The predicted octanol–water partition coefficient (Wildman–Crippen LogP) is 4.08. The van der Waals surface area contributed by atoms with Crippen molar-refractivity contribution in [2.45, 2.75) is 20.8 Å². The number of carbonyl (C=O) groups is 1. The molecule has 0 aliphatic rings. The highest BCUT2D eigenvalue weighted by Crippen LogP contribution is 2.24. The Bertz CT molecular complexity index is 642. The topological polar surface area (TPSA) is 43.1 Å². The number of aryl methyl sites for hydroxylation is 3. The predicted molar refractivity (Wildman–Crippen MR) is 79.9 cm³/mol. The third-order valence-corrected chi connectivity index (χ3v) is 3.50. The summed E-state index contributed by atoms with van der Waals surface area (Å²) in [4.78, 5) is 12.5. The van der Waals surface area contributed by atoms with E-state index < -0.39 is 0 Å². The lowest BCUT2D eigenvalue weighted by Crippen LogP contribution is -2.05. The lowest BCUT2D eigenvalue weighted by atomic mass is 9.98. The fourth-order valence-corrected chi connectivity index (χ4v) is 2.36. The van der Waals surface area contributed by atoms with E-state index in [9.17, 15) is 4.79 Å². The van der Waals surface area contributed by atoms with Gasteiger partial charge in [-0.05, 0) is 67.8 Å². The standard InChI is InChI=1S/C16H16ClNO/c1-9-4-12(8-13(18)5-9)16(19)14-6-10(2)11(3)7-15(14)17/h4-8H,18H2,1-3H3. The first-order chi connectivity index (χ1) is 8.88. The lowest BCUT2D eigenvalue weighted by molar-refractivity contribution is 0.103. The molecule has 19 heavy (non-hydrogen) atoms. The molecule has 0 atom stereocenters. The van der Waals surface area contributed by atoms with Crippen LogP contribution in [0.2, 0.25) is 5.02 Å². The van der Waals surface area contributed by atoms with Crippen LogP contribution in [0.15, 0.2) is 30.3 Å². The van der Waals surface area contributed by atoms with Crippen molar-refractivity contribution < 1.29 is 4.79 Å². The van der Waals surface area contributed by atoms with E-state index in [1.54, 1.807) is 6.07 Å². The Morgan fingerprint density at radius 3 is 2.26 bits per heavy atom. The molecule has 0 heterocycles. The summed E-state index contributed by atoms with van der Waals surface area (Å²) in [5, 5.41) is 0.480. The van der Waals surface area contributed by atoms with Crippen LogP contribution in [0.5, 0.6) is 0 Å². The zero-order valence-electron chi connectivity index (χ0n) is 11.3. The van der Waals surface area contributed by atoms with E-state index >= 15 is 0 Å². The van der Waals surface area contributed by atoms with E-state index in [1.807, 2.05) is 45.0 Å². The van der Waals surface area contributed by atoms with Crippen LogP contribution in [-0.2, 0) is 0 Å². The van der Waals surface area contributed by atoms with E-state index in [0.717, 1.165) is 16.7 Å². The fourth-order valence-electron chi connectivity index (χ4n) is 2.05. The second kappa shape index (κ2) is 5.06. The van der Waals surface area contributed by atoms with Gasteiger partial charge in [0.15, 0.2) is 5.78 Å². The van der Waals surface area contributed by atoms with Crippen LogP contribution in [0, 0.1) is 20.8 Å². The number of benzene rings is 2. The van der Waals surface area contributed by atoms with Gasteiger partial charge in [0.25, 0.3) is 0 Å². The Kier molecular flexibility index (Phi) is 3.63. The number of ketones is 1. The maximum Gasteiger partial charge on any atom is 0.194 e. The van der Waals surface area contributed by atoms with E-state index in [1.165, 1.54) is 0 Å². The van der Waals surface area contributed by atoms with Gasteiger partial charge in [0, 0.05) is 16.8 Å². The molecular weight excluding hydrogens is 258 g/mol.